The zero-order valence-electron chi connectivity index (χ0n) is 13.0. The van der Waals surface area contributed by atoms with Crippen molar-refractivity contribution in [1.29, 1.82) is 0 Å². The summed E-state index contributed by atoms with van der Waals surface area (Å²) in [7, 11) is 0. The Hall–Kier alpha value is -2.35. The van der Waals surface area contributed by atoms with E-state index >= 15 is 0 Å². The number of nitrogens with zero attached hydrogens (tertiary/aromatic N) is 6. The summed E-state index contributed by atoms with van der Waals surface area (Å²) in [5.74, 6) is 0.0497. The molecule has 1 atom stereocenters. The van der Waals surface area contributed by atoms with Crippen LogP contribution >= 0.6 is 0 Å². The van der Waals surface area contributed by atoms with E-state index < -0.39 is 0 Å². The lowest BCUT2D eigenvalue weighted by atomic mass is 10.0. The van der Waals surface area contributed by atoms with Gasteiger partial charge in [-0.1, -0.05) is 6.07 Å². The van der Waals surface area contributed by atoms with Crippen molar-refractivity contribution in [1.82, 2.24) is 35.4 Å². The van der Waals surface area contributed by atoms with E-state index in [4.69, 9.17) is 0 Å². The molecule has 0 bridgehead atoms. The molecule has 1 aliphatic rings. The quantitative estimate of drug-likeness (QED) is 0.821. The van der Waals surface area contributed by atoms with E-state index in [0.29, 0.717) is 13.0 Å². The highest BCUT2D eigenvalue weighted by atomic mass is 16.1. The van der Waals surface area contributed by atoms with E-state index in [9.17, 15) is 4.79 Å². The molecule has 0 aliphatic carbocycles. The number of pyridine rings is 1. The van der Waals surface area contributed by atoms with Crippen LogP contribution in [-0.2, 0) is 17.9 Å². The number of tetrazole rings is 1. The third-order valence-corrected chi connectivity index (χ3v) is 3.96. The molecule has 2 aromatic heterocycles. The van der Waals surface area contributed by atoms with Crippen LogP contribution in [0.2, 0.25) is 0 Å². The minimum absolute atomic E-state index is 0.0497. The number of nitrogens with one attached hydrogen (secondary N) is 1. The molecule has 0 saturated carbocycles. The summed E-state index contributed by atoms with van der Waals surface area (Å²) in [5, 5.41) is 14.0. The molecule has 3 heterocycles. The SMILES string of the molecule is O=C(CCn1cnnn1)N[C@@H]1CCCN(Cc2cccnc2)C1. The molecule has 0 radical (unpaired) electrons. The molecule has 1 amide bonds. The molecule has 0 spiro atoms. The molecule has 1 aliphatic heterocycles. The first kappa shape index (κ1) is 15.5. The van der Waals surface area contributed by atoms with Crippen molar-refractivity contribution >= 4 is 5.91 Å². The summed E-state index contributed by atoms with van der Waals surface area (Å²) in [4.78, 5) is 18.6. The second kappa shape index (κ2) is 7.77. The molecule has 2 aromatic rings. The summed E-state index contributed by atoms with van der Waals surface area (Å²) in [5.41, 5.74) is 1.21. The Bertz CT molecular complexity index is 602. The summed E-state index contributed by atoms with van der Waals surface area (Å²) in [6.45, 7) is 3.33. The third kappa shape index (κ3) is 4.82. The number of carbonyl (C=O) groups is 1. The van der Waals surface area contributed by atoms with Crippen LogP contribution in [-0.4, -0.2) is 55.1 Å². The van der Waals surface area contributed by atoms with E-state index in [0.717, 1.165) is 32.5 Å². The van der Waals surface area contributed by atoms with Crippen molar-refractivity contribution in [2.24, 2.45) is 0 Å². The summed E-state index contributed by atoms with van der Waals surface area (Å²) >= 11 is 0. The number of aryl methyl sites for hydroxylation is 1. The highest BCUT2D eigenvalue weighted by Crippen LogP contribution is 2.13. The minimum atomic E-state index is 0.0497. The molecule has 122 valence electrons. The largest absolute Gasteiger partial charge is 0.352 e. The lowest BCUT2D eigenvalue weighted by molar-refractivity contribution is -0.122. The first-order chi connectivity index (χ1) is 11.3. The van der Waals surface area contributed by atoms with Crippen LogP contribution in [0.5, 0.6) is 0 Å². The van der Waals surface area contributed by atoms with Gasteiger partial charge in [-0.15, -0.1) is 5.10 Å². The molecule has 8 heteroatoms. The van der Waals surface area contributed by atoms with Crippen molar-refractivity contribution < 1.29 is 4.79 Å². The Kier molecular flexibility index (Phi) is 5.25. The van der Waals surface area contributed by atoms with Gasteiger partial charge in [-0.25, -0.2) is 4.68 Å². The number of piperidine rings is 1. The van der Waals surface area contributed by atoms with Gasteiger partial charge in [0.15, 0.2) is 0 Å². The Morgan fingerprint density at radius 3 is 3.17 bits per heavy atom. The highest BCUT2D eigenvalue weighted by molar-refractivity contribution is 5.76. The number of rotatable bonds is 6. The smallest absolute Gasteiger partial charge is 0.222 e. The molecule has 0 aromatic carbocycles. The first-order valence-electron chi connectivity index (χ1n) is 7.91. The van der Waals surface area contributed by atoms with Gasteiger partial charge in [0.05, 0.1) is 6.54 Å². The van der Waals surface area contributed by atoms with E-state index in [2.05, 4.69) is 36.8 Å². The number of hydrogen-bond donors (Lipinski definition) is 1. The van der Waals surface area contributed by atoms with Crippen molar-refractivity contribution in [3.63, 3.8) is 0 Å². The normalized spacial score (nSPS) is 18.7. The standard InChI is InChI=1S/C15H21N7O/c23-15(5-8-22-12-17-19-20-22)18-14-4-2-7-21(11-14)10-13-3-1-6-16-9-13/h1,3,6,9,12,14H,2,4-5,7-8,10-11H2,(H,18,23)/t14-/m1/s1. The number of carbonyl (C=O) groups excluding carboxylic acids is 1. The summed E-state index contributed by atoms with van der Waals surface area (Å²) < 4.78 is 1.56. The minimum Gasteiger partial charge on any atom is -0.352 e. The summed E-state index contributed by atoms with van der Waals surface area (Å²) in [6, 6.07) is 4.25. The average molecular weight is 315 g/mol. The fraction of sp³-hybridized carbons (Fsp3) is 0.533. The molecule has 1 N–H and O–H groups in total. The first-order valence-corrected chi connectivity index (χ1v) is 7.91. The van der Waals surface area contributed by atoms with Gasteiger partial charge in [0.25, 0.3) is 0 Å². The zero-order valence-corrected chi connectivity index (χ0v) is 13.0. The Balaban J connectivity index is 1.43. The van der Waals surface area contributed by atoms with Crippen LogP contribution < -0.4 is 5.32 Å². The van der Waals surface area contributed by atoms with Crippen molar-refractivity contribution in [3.05, 3.63) is 36.4 Å². The van der Waals surface area contributed by atoms with Crippen molar-refractivity contribution in [2.45, 2.75) is 38.4 Å². The fourth-order valence-electron chi connectivity index (χ4n) is 2.87. The topological polar surface area (TPSA) is 88.8 Å². The van der Waals surface area contributed by atoms with Crippen LogP contribution in [0.25, 0.3) is 0 Å². The monoisotopic (exact) mass is 315 g/mol. The van der Waals surface area contributed by atoms with Gasteiger partial charge in [-0.2, -0.15) is 0 Å². The third-order valence-electron chi connectivity index (χ3n) is 3.96. The van der Waals surface area contributed by atoms with Crippen molar-refractivity contribution in [2.75, 3.05) is 13.1 Å². The molecular weight excluding hydrogens is 294 g/mol. The second-order valence-electron chi connectivity index (χ2n) is 5.83. The predicted molar refractivity (Wildman–Crippen MR) is 83.1 cm³/mol. The second-order valence-corrected chi connectivity index (χ2v) is 5.83. The number of hydrogen-bond acceptors (Lipinski definition) is 6. The van der Waals surface area contributed by atoms with Gasteiger partial charge in [0.1, 0.15) is 6.33 Å². The van der Waals surface area contributed by atoms with E-state index in [-0.39, 0.29) is 11.9 Å². The van der Waals surface area contributed by atoms with Gasteiger partial charge in [-0.05, 0) is 41.4 Å². The molecule has 1 fully saturated rings. The molecule has 1 saturated heterocycles. The fourth-order valence-corrected chi connectivity index (χ4v) is 2.87. The molecule has 8 nitrogen and oxygen atoms in total. The molecule has 3 rings (SSSR count). The Morgan fingerprint density at radius 2 is 2.39 bits per heavy atom. The van der Waals surface area contributed by atoms with Gasteiger partial charge >= 0.3 is 0 Å². The molecular formula is C15H21N7O. The Labute approximate surface area is 134 Å². The maximum absolute atomic E-state index is 12.0. The van der Waals surface area contributed by atoms with Crippen LogP contribution in [0, 0.1) is 0 Å². The van der Waals surface area contributed by atoms with Crippen LogP contribution in [0.3, 0.4) is 0 Å². The van der Waals surface area contributed by atoms with E-state index in [1.165, 1.54) is 11.9 Å². The maximum Gasteiger partial charge on any atom is 0.222 e. The highest BCUT2D eigenvalue weighted by Gasteiger charge is 2.21. The van der Waals surface area contributed by atoms with Gasteiger partial charge in [0.2, 0.25) is 5.91 Å². The van der Waals surface area contributed by atoms with Gasteiger partial charge in [-0.3, -0.25) is 14.7 Å². The van der Waals surface area contributed by atoms with Crippen LogP contribution in [0.1, 0.15) is 24.8 Å². The lowest BCUT2D eigenvalue weighted by Crippen LogP contribution is -2.47. The zero-order chi connectivity index (χ0) is 15.9. The van der Waals surface area contributed by atoms with Gasteiger partial charge in [0, 0.05) is 37.9 Å². The average Bonchev–Trinajstić information content (AvgIpc) is 3.08. The van der Waals surface area contributed by atoms with Crippen LogP contribution in [0.4, 0.5) is 0 Å². The lowest BCUT2D eigenvalue weighted by Gasteiger charge is -2.33. The summed E-state index contributed by atoms with van der Waals surface area (Å²) in [6.07, 6.45) is 7.72. The number of aromatic nitrogens is 5. The number of amides is 1. The Morgan fingerprint density at radius 1 is 1.43 bits per heavy atom. The van der Waals surface area contributed by atoms with E-state index in [1.54, 1.807) is 10.9 Å². The number of likely N-dealkylation sites (tertiary alicyclic amines) is 1. The predicted octanol–water partition coefficient (Wildman–Crippen LogP) is 0.239. The van der Waals surface area contributed by atoms with E-state index in [1.807, 2.05) is 12.3 Å². The van der Waals surface area contributed by atoms with Gasteiger partial charge < -0.3 is 5.32 Å². The molecule has 23 heavy (non-hydrogen) atoms. The van der Waals surface area contributed by atoms with Crippen LogP contribution in [0.15, 0.2) is 30.9 Å². The van der Waals surface area contributed by atoms with Crippen molar-refractivity contribution in [3.8, 4) is 0 Å². The maximum atomic E-state index is 12.0. The molecule has 0 unspecified atom stereocenters.